The predicted molar refractivity (Wildman–Crippen MR) is 126 cm³/mol. The van der Waals surface area contributed by atoms with Crippen LogP contribution in [0.25, 0.3) is 5.57 Å². The van der Waals surface area contributed by atoms with E-state index in [9.17, 15) is 9.59 Å². The number of carbonyl (C=O) groups is 2. The van der Waals surface area contributed by atoms with Crippen molar-refractivity contribution in [2.24, 2.45) is 0 Å². The third-order valence-electron chi connectivity index (χ3n) is 6.40. The van der Waals surface area contributed by atoms with E-state index in [2.05, 4.69) is 56.4 Å². The summed E-state index contributed by atoms with van der Waals surface area (Å²) in [6.07, 6.45) is 0.784. The Hall–Kier alpha value is -2.44. The van der Waals surface area contributed by atoms with E-state index in [0.717, 1.165) is 28.8 Å². The van der Waals surface area contributed by atoms with Gasteiger partial charge in [-0.1, -0.05) is 72.9 Å². The highest BCUT2D eigenvalue weighted by molar-refractivity contribution is 8.27. The van der Waals surface area contributed by atoms with Crippen LogP contribution in [0.1, 0.15) is 49.4 Å². The van der Waals surface area contributed by atoms with Crippen LogP contribution in [-0.4, -0.2) is 21.7 Å². The monoisotopic (exact) mass is 434 g/mol. The number of aryl methyl sites for hydroxylation is 1. The van der Waals surface area contributed by atoms with Crippen LogP contribution in [0, 0.1) is 6.92 Å². The van der Waals surface area contributed by atoms with Gasteiger partial charge in [-0.25, -0.2) is 0 Å². The number of benzene rings is 2. The predicted octanol–water partition coefficient (Wildman–Crippen LogP) is 4.69. The van der Waals surface area contributed by atoms with Gasteiger partial charge in [0.1, 0.15) is 4.32 Å². The van der Waals surface area contributed by atoms with Crippen LogP contribution in [0.2, 0.25) is 0 Å². The molecule has 2 amide bonds. The lowest BCUT2D eigenvalue weighted by molar-refractivity contribution is -0.116. The fourth-order valence-electron chi connectivity index (χ4n) is 5.34. The van der Waals surface area contributed by atoms with Gasteiger partial charge in [0.25, 0.3) is 11.8 Å². The summed E-state index contributed by atoms with van der Waals surface area (Å²) in [5.74, 6) is -0.397. The van der Waals surface area contributed by atoms with Crippen molar-refractivity contribution in [2.75, 3.05) is 4.90 Å². The van der Waals surface area contributed by atoms with Crippen LogP contribution < -0.4 is 10.2 Å². The molecular weight excluding hydrogens is 412 g/mol. The maximum Gasteiger partial charge on any atom is 0.264 e. The number of nitrogens with one attached hydrogen (secondary N) is 1. The number of rotatable bonds is 1. The molecule has 3 heterocycles. The lowest BCUT2D eigenvalue weighted by Crippen LogP contribution is -2.54. The maximum atomic E-state index is 13.7. The van der Waals surface area contributed by atoms with E-state index in [4.69, 9.17) is 12.2 Å². The van der Waals surface area contributed by atoms with Gasteiger partial charge in [0.15, 0.2) is 0 Å². The van der Waals surface area contributed by atoms with E-state index in [0.29, 0.717) is 14.8 Å². The molecule has 4 nitrogen and oxygen atoms in total. The Bertz CT molecular complexity index is 1180. The van der Waals surface area contributed by atoms with Gasteiger partial charge in [-0.2, -0.15) is 0 Å². The first-order valence-electron chi connectivity index (χ1n) is 9.96. The number of thiocarbonyl (C=S) groups is 1. The summed E-state index contributed by atoms with van der Waals surface area (Å²) in [7, 11) is 0. The van der Waals surface area contributed by atoms with Gasteiger partial charge in [-0.15, -0.1) is 0 Å². The third-order valence-corrected chi connectivity index (χ3v) is 7.64. The Morgan fingerprint density at radius 2 is 1.80 bits per heavy atom. The zero-order valence-electron chi connectivity index (χ0n) is 17.3. The highest BCUT2D eigenvalue weighted by Gasteiger charge is 2.53. The van der Waals surface area contributed by atoms with Crippen LogP contribution in [0.3, 0.4) is 0 Å². The summed E-state index contributed by atoms with van der Waals surface area (Å²) in [5.41, 5.74) is 5.02. The van der Waals surface area contributed by atoms with Crippen molar-refractivity contribution in [3.63, 3.8) is 0 Å². The van der Waals surface area contributed by atoms with Gasteiger partial charge >= 0.3 is 0 Å². The first-order chi connectivity index (χ1) is 14.1. The van der Waals surface area contributed by atoms with E-state index >= 15 is 0 Å². The van der Waals surface area contributed by atoms with Crippen molar-refractivity contribution in [3.05, 3.63) is 69.6 Å². The van der Waals surface area contributed by atoms with E-state index < -0.39 is 5.54 Å². The molecule has 2 aromatic carbocycles. The SMILES string of the molecule is Cc1cc2c3c(c1)[C@@](C)(c1ccccc1)CC(C)(C)N3C(=O)/C2=C1/SC(=S)NC1=O. The summed E-state index contributed by atoms with van der Waals surface area (Å²) in [5, 5.41) is 2.66. The number of nitrogens with zero attached hydrogens (tertiary/aromatic N) is 1. The van der Waals surface area contributed by atoms with Crippen LogP contribution in [0.15, 0.2) is 47.4 Å². The summed E-state index contributed by atoms with van der Waals surface area (Å²) in [6, 6.07) is 14.7. The van der Waals surface area contributed by atoms with Crippen molar-refractivity contribution in [1.82, 2.24) is 5.32 Å². The summed E-state index contributed by atoms with van der Waals surface area (Å²) in [6.45, 7) is 8.53. The summed E-state index contributed by atoms with van der Waals surface area (Å²) < 4.78 is 0.395. The molecule has 152 valence electrons. The Morgan fingerprint density at radius 3 is 2.43 bits per heavy atom. The average Bonchev–Trinajstić information content (AvgIpc) is 3.15. The fourth-order valence-corrected chi connectivity index (χ4v) is 6.45. The van der Waals surface area contributed by atoms with E-state index in [1.807, 2.05) is 24.0 Å². The zero-order chi connectivity index (χ0) is 21.4. The second kappa shape index (κ2) is 6.28. The topological polar surface area (TPSA) is 49.4 Å². The molecule has 0 unspecified atom stereocenters. The number of amides is 2. The van der Waals surface area contributed by atoms with Gasteiger partial charge < -0.3 is 10.2 Å². The molecule has 3 aliphatic heterocycles. The van der Waals surface area contributed by atoms with Gasteiger partial charge in [0.05, 0.1) is 16.2 Å². The van der Waals surface area contributed by atoms with Crippen LogP contribution in [-0.2, 0) is 15.0 Å². The molecule has 0 radical (unpaired) electrons. The number of hydrogen-bond acceptors (Lipinski definition) is 4. The number of thioether (sulfide) groups is 1. The molecule has 2 aromatic rings. The molecule has 0 aromatic heterocycles. The van der Waals surface area contributed by atoms with Crippen molar-refractivity contribution < 1.29 is 9.59 Å². The Balaban J connectivity index is 1.86. The lowest BCUT2D eigenvalue weighted by Gasteiger charge is -2.50. The number of hydrogen-bond donors (Lipinski definition) is 1. The van der Waals surface area contributed by atoms with Crippen molar-refractivity contribution in [1.29, 1.82) is 0 Å². The molecule has 0 bridgehead atoms. The minimum atomic E-state index is -0.415. The van der Waals surface area contributed by atoms with Crippen molar-refractivity contribution in [2.45, 2.75) is 45.1 Å². The second-order valence-corrected chi connectivity index (χ2v) is 10.8. The molecule has 30 heavy (non-hydrogen) atoms. The Labute approximate surface area is 185 Å². The molecule has 1 atom stereocenters. The molecule has 0 saturated carbocycles. The quantitative estimate of drug-likeness (QED) is 0.523. The summed E-state index contributed by atoms with van der Waals surface area (Å²) in [4.78, 5) is 28.6. The number of anilines is 1. The van der Waals surface area contributed by atoms with E-state index in [1.165, 1.54) is 17.3 Å². The third kappa shape index (κ3) is 2.56. The van der Waals surface area contributed by atoms with Gasteiger partial charge in [-0.3, -0.25) is 9.59 Å². The van der Waals surface area contributed by atoms with Crippen LogP contribution in [0.5, 0.6) is 0 Å². The molecular formula is C24H22N2O2S2. The first kappa shape index (κ1) is 19.5. The second-order valence-electron chi connectivity index (χ2n) is 9.08. The Kier molecular flexibility index (Phi) is 4.09. The van der Waals surface area contributed by atoms with Gasteiger partial charge in [-0.05, 0) is 44.4 Å². The standard InChI is InChI=1S/C24H22N2O2S2/c1-13-10-15-17(19-20(27)25-22(29)30-19)21(28)26-18(15)16(11-13)24(4,12-23(26,2)3)14-8-6-5-7-9-14/h5-11H,12H2,1-4H3,(H,25,27,29)/b19-17+/t24-/m1/s1. The first-order valence-corrected chi connectivity index (χ1v) is 11.2. The molecule has 0 aliphatic carbocycles. The minimum Gasteiger partial charge on any atom is -0.307 e. The smallest absolute Gasteiger partial charge is 0.264 e. The summed E-state index contributed by atoms with van der Waals surface area (Å²) >= 11 is 6.37. The highest BCUT2D eigenvalue weighted by Crippen LogP contribution is 2.57. The highest BCUT2D eigenvalue weighted by atomic mass is 32.2. The molecule has 1 saturated heterocycles. The van der Waals surface area contributed by atoms with Gasteiger partial charge in [0.2, 0.25) is 0 Å². The van der Waals surface area contributed by atoms with Crippen LogP contribution >= 0.6 is 24.0 Å². The number of carbonyl (C=O) groups excluding carboxylic acids is 2. The lowest BCUT2D eigenvalue weighted by atomic mass is 9.65. The zero-order valence-corrected chi connectivity index (χ0v) is 19.0. The Morgan fingerprint density at radius 1 is 1.10 bits per heavy atom. The largest absolute Gasteiger partial charge is 0.307 e. The van der Waals surface area contributed by atoms with E-state index in [-0.39, 0.29) is 17.2 Å². The molecule has 1 N–H and O–H groups in total. The molecule has 5 rings (SSSR count). The fraction of sp³-hybridized carbons (Fsp3) is 0.292. The normalized spacial score (nSPS) is 26.8. The maximum absolute atomic E-state index is 13.7. The molecule has 3 aliphatic rings. The molecule has 0 spiro atoms. The average molecular weight is 435 g/mol. The molecule has 6 heteroatoms. The van der Waals surface area contributed by atoms with Crippen molar-refractivity contribution in [3.8, 4) is 0 Å². The van der Waals surface area contributed by atoms with E-state index in [1.54, 1.807) is 0 Å². The van der Waals surface area contributed by atoms with Crippen molar-refractivity contribution >= 4 is 51.4 Å². The molecule has 1 fully saturated rings. The van der Waals surface area contributed by atoms with Crippen LogP contribution in [0.4, 0.5) is 5.69 Å². The van der Waals surface area contributed by atoms with Gasteiger partial charge in [0, 0.05) is 16.5 Å². The minimum absolute atomic E-state index is 0.112.